The number of likely N-dealkylation sites (tertiary alicyclic amines) is 1. The minimum absolute atomic E-state index is 0.0523. The number of benzene rings is 1. The van der Waals surface area contributed by atoms with Gasteiger partial charge in [-0.3, -0.25) is 48.4 Å². The largest absolute Gasteiger partial charge is 0.480 e. The molecule has 278 valence electrons. The SMILES string of the molecule is CCCCNC(=O)CNC(=O)c1ccc(C2CCN(C(=O)CN3CCN(CC(=O)O)CCN(CC(=O)O)CCN(CC(=O)O)CC3)CC2)cc1. The number of carboxylic acid groups (broad SMARTS) is 3. The number of nitrogens with one attached hydrogen (secondary N) is 2. The number of rotatable bonds is 15. The van der Waals surface area contributed by atoms with Crippen LogP contribution in [-0.2, 0) is 24.0 Å². The van der Waals surface area contributed by atoms with Gasteiger partial charge < -0.3 is 30.9 Å². The molecule has 50 heavy (non-hydrogen) atoms. The van der Waals surface area contributed by atoms with Gasteiger partial charge in [0.25, 0.3) is 5.91 Å². The van der Waals surface area contributed by atoms with Crippen molar-refractivity contribution in [3.8, 4) is 0 Å². The van der Waals surface area contributed by atoms with Gasteiger partial charge in [0, 0.05) is 77.6 Å². The summed E-state index contributed by atoms with van der Waals surface area (Å²) in [6, 6.07) is 7.33. The van der Waals surface area contributed by atoms with E-state index in [0.29, 0.717) is 77.6 Å². The molecule has 2 fully saturated rings. The average molecular weight is 704 g/mol. The number of carbonyl (C=O) groups excluding carboxylic acids is 3. The number of carbonyl (C=O) groups is 6. The summed E-state index contributed by atoms with van der Waals surface area (Å²) in [5.41, 5.74) is 1.54. The highest BCUT2D eigenvalue weighted by atomic mass is 16.4. The molecule has 3 rings (SSSR count). The summed E-state index contributed by atoms with van der Waals surface area (Å²) in [4.78, 5) is 81.3. The van der Waals surface area contributed by atoms with Crippen molar-refractivity contribution in [1.82, 2.24) is 35.1 Å². The lowest BCUT2D eigenvalue weighted by Gasteiger charge is -2.35. The molecule has 16 nitrogen and oxygen atoms in total. The fourth-order valence-electron chi connectivity index (χ4n) is 6.17. The Morgan fingerprint density at radius 3 is 1.50 bits per heavy atom. The predicted octanol–water partition coefficient (Wildman–Crippen LogP) is -0.486. The van der Waals surface area contributed by atoms with Gasteiger partial charge in [-0.2, -0.15) is 0 Å². The average Bonchev–Trinajstić information content (AvgIpc) is 3.08. The molecule has 0 spiro atoms. The Morgan fingerprint density at radius 1 is 0.640 bits per heavy atom. The third kappa shape index (κ3) is 14.8. The molecule has 0 unspecified atom stereocenters. The summed E-state index contributed by atoms with van der Waals surface area (Å²) in [5.74, 6) is -3.39. The summed E-state index contributed by atoms with van der Waals surface area (Å²) in [6.45, 7) is 5.81. The molecule has 1 aromatic rings. The Morgan fingerprint density at radius 2 is 1.08 bits per heavy atom. The number of amides is 3. The van der Waals surface area contributed by atoms with Gasteiger partial charge in [0.1, 0.15) is 0 Å². The Kier molecular flexibility index (Phi) is 17.1. The van der Waals surface area contributed by atoms with E-state index in [2.05, 4.69) is 10.6 Å². The molecule has 0 bridgehead atoms. The smallest absolute Gasteiger partial charge is 0.317 e. The first-order chi connectivity index (χ1) is 23.9. The van der Waals surface area contributed by atoms with Gasteiger partial charge in [-0.15, -0.1) is 0 Å². The molecular formula is C34H53N7O9. The zero-order chi connectivity index (χ0) is 36.5. The van der Waals surface area contributed by atoms with E-state index in [9.17, 15) is 44.1 Å². The van der Waals surface area contributed by atoms with Crippen molar-refractivity contribution in [2.45, 2.75) is 38.5 Å². The third-order valence-corrected chi connectivity index (χ3v) is 9.12. The van der Waals surface area contributed by atoms with E-state index in [0.717, 1.165) is 31.2 Å². The normalized spacial score (nSPS) is 18.1. The lowest BCUT2D eigenvalue weighted by molar-refractivity contribution is -0.140. The summed E-state index contributed by atoms with van der Waals surface area (Å²) in [6.07, 6.45) is 3.36. The van der Waals surface area contributed by atoms with Crippen LogP contribution in [0, 0.1) is 0 Å². The van der Waals surface area contributed by atoms with Crippen molar-refractivity contribution in [1.29, 1.82) is 0 Å². The van der Waals surface area contributed by atoms with E-state index in [4.69, 9.17) is 0 Å². The van der Waals surface area contributed by atoms with Crippen molar-refractivity contribution in [3.63, 3.8) is 0 Å². The zero-order valence-electron chi connectivity index (χ0n) is 29.1. The van der Waals surface area contributed by atoms with E-state index in [1.54, 1.807) is 26.8 Å². The van der Waals surface area contributed by atoms with Crippen molar-refractivity contribution in [3.05, 3.63) is 35.4 Å². The van der Waals surface area contributed by atoms with E-state index in [1.807, 2.05) is 28.9 Å². The van der Waals surface area contributed by atoms with Crippen molar-refractivity contribution in [2.75, 3.05) is 105 Å². The van der Waals surface area contributed by atoms with Crippen LogP contribution in [0.5, 0.6) is 0 Å². The van der Waals surface area contributed by atoms with Gasteiger partial charge in [-0.25, -0.2) is 0 Å². The highest BCUT2D eigenvalue weighted by Crippen LogP contribution is 2.28. The Labute approximate surface area is 293 Å². The number of carboxylic acids is 3. The van der Waals surface area contributed by atoms with Gasteiger partial charge in [-0.1, -0.05) is 25.5 Å². The first kappa shape index (κ1) is 40.3. The maximum Gasteiger partial charge on any atom is 0.317 e. The molecule has 5 N–H and O–H groups in total. The monoisotopic (exact) mass is 703 g/mol. The van der Waals surface area contributed by atoms with E-state index in [1.165, 1.54) is 0 Å². The highest BCUT2D eigenvalue weighted by molar-refractivity contribution is 5.96. The molecule has 0 radical (unpaired) electrons. The number of unbranched alkanes of at least 4 members (excludes halogenated alkanes) is 1. The number of aliphatic carboxylic acids is 3. The van der Waals surface area contributed by atoms with E-state index in [-0.39, 0.29) is 56.4 Å². The quantitative estimate of drug-likeness (QED) is 0.147. The molecule has 0 aliphatic carbocycles. The van der Waals surface area contributed by atoms with Crippen LogP contribution in [0.4, 0.5) is 0 Å². The molecule has 2 aliphatic rings. The lowest BCUT2D eigenvalue weighted by atomic mass is 9.89. The van der Waals surface area contributed by atoms with Crippen LogP contribution in [0.3, 0.4) is 0 Å². The van der Waals surface area contributed by atoms with Crippen LogP contribution in [0.25, 0.3) is 0 Å². The van der Waals surface area contributed by atoms with Crippen LogP contribution >= 0.6 is 0 Å². The van der Waals surface area contributed by atoms with E-state index < -0.39 is 17.9 Å². The Hall–Kier alpha value is -4.12. The lowest BCUT2D eigenvalue weighted by Crippen LogP contribution is -2.50. The fraction of sp³-hybridized carbons (Fsp3) is 0.647. The van der Waals surface area contributed by atoms with Crippen LogP contribution < -0.4 is 10.6 Å². The molecular weight excluding hydrogens is 650 g/mol. The number of nitrogens with zero attached hydrogens (tertiary/aromatic N) is 5. The minimum atomic E-state index is -1.01. The molecule has 16 heteroatoms. The second kappa shape index (κ2) is 21.2. The summed E-state index contributed by atoms with van der Waals surface area (Å²) in [7, 11) is 0. The zero-order valence-corrected chi connectivity index (χ0v) is 29.1. The van der Waals surface area contributed by atoms with Crippen LogP contribution in [-0.4, -0.2) is 180 Å². The minimum Gasteiger partial charge on any atom is -0.480 e. The van der Waals surface area contributed by atoms with Crippen molar-refractivity contribution < 1.29 is 44.1 Å². The standard InChI is InChI=1S/C34H53N7O9/c1-2-3-10-35-29(42)21-36-34(50)28-6-4-26(5-7-28)27-8-11-41(12-9-27)30(43)22-37-13-15-38(23-31(44)45)17-19-40(25-33(48)49)20-18-39(16-14-37)24-32(46)47/h4-7,27H,2-3,8-25H2,1H3,(H,35,42)(H,36,50)(H,44,45)(H,46,47)(H,48,49). The highest BCUT2D eigenvalue weighted by Gasteiger charge is 2.26. The molecule has 2 saturated heterocycles. The van der Waals surface area contributed by atoms with Crippen molar-refractivity contribution >= 4 is 35.6 Å². The van der Waals surface area contributed by atoms with Crippen LogP contribution in [0.2, 0.25) is 0 Å². The molecule has 0 atom stereocenters. The summed E-state index contributed by atoms with van der Waals surface area (Å²) < 4.78 is 0. The fourth-order valence-corrected chi connectivity index (χ4v) is 6.17. The second-order valence-corrected chi connectivity index (χ2v) is 12.9. The molecule has 0 aromatic heterocycles. The van der Waals surface area contributed by atoms with Crippen LogP contribution in [0.15, 0.2) is 24.3 Å². The van der Waals surface area contributed by atoms with Gasteiger partial charge in [0.15, 0.2) is 0 Å². The summed E-state index contributed by atoms with van der Waals surface area (Å²) >= 11 is 0. The second-order valence-electron chi connectivity index (χ2n) is 12.9. The predicted molar refractivity (Wildman–Crippen MR) is 184 cm³/mol. The molecule has 3 amide bonds. The van der Waals surface area contributed by atoms with Gasteiger partial charge in [0.05, 0.1) is 32.7 Å². The molecule has 1 aromatic carbocycles. The molecule has 2 heterocycles. The van der Waals surface area contributed by atoms with Crippen LogP contribution in [0.1, 0.15) is 54.4 Å². The Balaban J connectivity index is 1.55. The number of hydrogen-bond donors (Lipinski definition) is 5. The first-order valence-electron chi connectivity index (χ1n) is 17.4. The first-order valence-corrected chi connectivity index (χ1v) is 17.4. The van der Waals surface area contributed by atoms with Crippen molar-refractivity contribution in [2.24, 2.45) is 0 Å². The number of hydrogen-bond acceptors (Lipinski definition) is 10. The molecule has 0 saturated carbocycles. The van der Waals surface area contributed by atoms with Gasteiger partial charge >= 0.3 is 17.9 Å². The maximum atomic E-state index is 13.5. The Bertz CT molecular complexity index is 1260. The van der Waals surface area contributed by atoms with E-state index >= 15 is 0 Å². The maximum absolute atomic E-state index is 13.5. The topological polar surface area (TPSA) is 203 Å². The summed E-state index contributed by atoms with van der Waals surface area (Å²) in [5, 5.41) is 33.7. The molecule has 2 aliphatic heterocycles. The van der Waals surface area contributed by atoms with Gasteiger partial charge in [-0.05, 0) is 42.9 Å². The third-order valence-electron chi connectivity index (χ3n) is 9.12. The number of piperidine rings is 1. The van der Waals surface area contributed by atoms with Gasteiger partial charge in [0.2, 0.25) is 11.8 Å².